The third-order valence-electron chi connectivity index (χ3n) is 6.41. The lowest BCUT2D eigenvalue weighted by Crippen LogP contribution is -2.49. The van der Waals surface area contributed by atoms with Crippen LogP contribution in [0.3, 0.4) is 0 Å². The first-order valence-electron chi connectivity index (χ1n) is 10.6. The van der Waals surface area contributed by atoms with Gasteiger partial charge in [-0.25, -0.2) is 0 Å². The monoisotopic (exact) mass is 393 g/mol. The first-order valence-corrected chi connectivity index (χ1v) is 10.6. The Balaban J connectivity index is 1.64. The van der Waals surface area contributed by atoms with Crippen LogP contribution in [0.25, 0.3) is 0 Å². The molecular weight excluding hydrogens is 362 g/mol. The second-order valence-corrected chi connectivity index (χ2v) is 8.63. The highest BCUT2D eigenvalue weighted by Gasteiger charge is 2.44. The van der Waals surface area contributed by atoms with Gasteiger partial charge in [0.2, 0.25) is 5.91 Å². The standard InChI is InChI=1S/C25H31NO3/c1-17-14-18(2)16-21(15-17)25(10-12-29-13-11-25)24(27)26-23(19-4-5-19)20-6-8-22(28-3)9-7-20/h6-9,14-16,19,23H,4-5,10-13H2,1-3H3,(H,26,27)/t23-/m0/s1. The second-order valence-electron chi connectivity index (χ2n) is 8.63. The molecule has 2 aliphatic rings. The minimum atomic E-state index is -0.519. The molecule has 0 unspecified atom stereocenters. The van der Waals surface area contributed by atoms with Gasteiger partial charge in [-0.2, -0.15) is 0 Å². The van der Waals surface area contributed by atoms with Crippen LogP contribution in [0.5, 0.6) is 5.75 Å². The summed E-state index contributed by atoms with van der Waals surface area (Å²) in [7, 11) is 1.67. The molecule has 1 heterocycles. The second kappa shape index (κ2) is 8.19. The topological polar surface area (TPSA) is 47.6 Å². The maximum atomic E-state index is 13.8. The van der Waals surface area contributed by atoms with Crippen molar-refractivity contribution in [3.63, 3.8) is 0 Å². The zero-order valence-electron chi connectivity index (χ0n) is 17.7. The van der Waals surface area contributed by atoms with E-state index in [1.807, 2.05) is 12.1 Å². The molecule has 0 aromatic heterocycles. The van der Waals surface area contributed by atoms with E-state index in [1.54, 1.807) is 7.11 Å². The van der Waals surface area contributed by atoms with Gasteiger partial charge in [-0.3, -0.25) is 4.79 Å². The molecule has 1 saturated heterocycles. The first kappa shape index (κ1) is 20.0. The maximum Gasteiger partial charge on any atom is 0.231 e. The van der Waals surface area contributed by atoms with Crippen LogP contribution in [-0.4, -0.2) is 26.2 Å². The fraction of sp³-hybridized carbons (Fsp3) is 0.480. The number of hydrogen-bond donors (Lipinski definition) is 1. The molecule has 1 saturated carbocycles. The highest BCUT2D eigenvalue weighted by Crippen LogP contribution is 2.43. The number of nitrogens with one attached hydrogen (secondary N) is 1. The minimum absolute atomic E-state index is 0.0547. The molecule has 2 aromatic rings. The number of methoxy groups -OCH3 is 1. The van der Waals surface area contributed by atoms with Crippen LogP contribution in [0, 0.1) is 19.8 Å². The molecule has 1 amide bonds. The average Bonchev–Trinajstić information content (AvgIpc) is 3.57. The normalized spacial score (nSPS) is 19.4. The van der Waals surface area contributed by atoms with Gasteiger partial charge in [-0.05, 0) is 68.7 Å². The lowest BCUT2D eigenvalue weighted by molar-refractivity contribution is -0.131. The summed E-state index contributed by atoms with van der Waals surface area (Å²) >= 11 is 0. The Bertz CT molecular complexity index is 844. The van der Waals surface area contributed by atoms with Gasteiger partial charge in [0.1, 0.15) is 5.75 Å². The highest BCUT2D eigenvalue weighted by atomic mass is 16.5. The number of benzene rings is 2. The predicted molar refractivity (Wildman–Crippen MR) is 114 cm³/mol. The molecule has 2 aromatic carbocycles. The van der Waals surface area contributed by atoms with Crippen LogP contribution in [0.15, 0.2) is 42.5 Å². The largest absolute Gasteiger partial charge is 0.497 e. The van der Waals surface area contributed by atoms with E-state index in [2.05, 4.69) is 49.5 Å². The summed E-state index contributed by atoms with van der Waals surface area (Å²) in [4.78, 5) is 13.8. The molecule has 1 atom stereocenters. The Labute approximate surface area is 173 Å². The van der Waals surface area contributed by atoms with Gasteiger partial charge in [0.15, 0.2) is 0 Å². The number of ether oxygens (including phenoxy) is 2. The number of hydrogen-bond acceptors (Lipinski definition) is 3. The van der Waals surface area contributed by atoms with Crippen molar-refractivity contribution in [3.8, 4) is 5.75 Å². The van der Waals surface area contributed by atoms with E-state index in [0.29, 0.717) is 19.1 Å². The van der Waals surface area contributed by atoms with Gasteiger partial charge in [0.05, 0.1) is 18.6 Å². The SMILES string of the molecule is COc1ccc([C@@H](NC(=O)C2(c3cc(C)cc(C)c3)CCOCC2)C2CC2)cc1. The minimum Gasteiger partial charge on any atom is -0.497 e. The van der Waals surface area contributed by atoms with Crippen LogP contribution >= 0.6 is 0 Å². The van der Waals surface area contributed by atoms with Gasteiger partial charge < -0.3 is 14.8 Å². The molecule has 1 N–H and O–H groups in total. The molecule has 0 radical (unpaired) electrons. The molecule has 29 heavy (non-hydrogen) atoms. The van der Waals surface area contributed by atoms with Crippen molar-refractivity contribution in [2.45, 2.75) is 51.0 Å². The van der Waals surface area contributed by atoms with E-state index in [0.717, 1.165) is 42.6 Å². The summed E-state index contributed by atoms with van der Waals surface area (Å²) in [5.41, 5.74) is 4.17. The van der Waals surface area contributed by atoms with Crippen molar-refractivity contribution < 1.29 is 14.3 Å². The molecule has 2 fully saturated rings. The van der Waals surface area contributed by atoms with E-state index in [9.17, 15) is 4.79 Å². The third-order valence-corrected chi connectivity index (χ3v) is 6.41. The Morgan fingerprint density at radius 3 is 2.24 bits per heavy atom. The average molecular weight is 394 g/mol. The van der Waals surface area contributed by atoms with E-state index in [-0.39, 0.29) is 11.9 Å². The van der Waals surface area contributed by atoms with E-state index >= 15 is 0 Å². The Morgan fingerprint density at radius 2 is 1.69 bits per heavy atom. The molecule has 4 nitrogen and oxygen atoms in total. The molecule has 4 rings (SSSR count). The molecule has 0 bridgehead atoms. The van der Waals surface area contributed by atoms with Gasteiger partial charge in [-0.1, -0.05) is 41.5 Å². The summed E-state index contributed by atoms with van der Waals surface area (Å²) < 4.78 is 10.9. The van der Waals surface area contributed by atoms with Crippen molar-refractivity contribution >= 4 is 5.91 Å². The Kier molecular flexibility index (Phi) is 5.64. The summed E-state index contributed by atoms with van der Waals surface area (Å²) in [6, 6.07) is 14.7. The predicted octanol–water partition coefficient (Wildman–Crippen LogP) is 4.63. The fourth-order valence-electron chi connectivity index (χ4n) is 4.61. The highest BCUT2D eigenvalue weighted by molar-refractivity contribution is 5.89. The number of carbonyl (C=O) groups excluding carboxylic acids is 1. The van der Waals surface area contributed by atoms with Gasteiger partial charge in [0, 0.05) is 13.2 Å². The Hall–Kier alpha value is -2.33. The fourth-order valence-corrected chi connectivity index (χ4v) is 4.61. The van der Waals surface area contributed by atoms with Crippen molar-refractivity contribution in [1.82, 2.24) is 5.32 Å². The smallest absolute Gasteiger partial charge is 0.231 e. The van der Waals surface area contributed by atoms with Gasteiger partial charge >= 0.3 is 0 Å². The Morgan fingerprint density at radius 1 is 1.07 bits per heavy atom. The van der Waals surface area contributed by atoms with Crippen LogP contribution in [-0.2, 0) is 14.9 Å². The number of amides is 1. The number of rotatable bonds is 6. The van der Waals surface area contributed by atoms with Gasteiger partial charge in [-0.15, -0.1) is 0 Å². The summed E-state index contributed by atoms with van der Waals surface area (Å²) in [5, 5.41) is 3.45. The molecular formula is C25H31NO3. The van der Waals surface area contributed by atoms with E-state index in [4.69, 9.17) is 9.47 Å². The number of carbonyl (C=O) groups is 1. The van der Waals surface area contributed by atoms with E-state index < -0.39 is 5.41 Å². The van der Waals surface area contributed by atoms with Crippen LogP contribution < -0.4 is 10.1 Å². The summed E-state index contributed by atoms with van der Waals surface area (Å²) in [5.74, 6) is 1.49. The lowest BCUT2D eigenvalue weighted by atomic mass is 9.72. The number of aryl methyl sites for hydroxylation is 2. The van der Waals surface area contributed by atoms with Crippen molar-refractivity contribution in [1.29, 1.82) is 0 Å². The van der Waals surface area contributed by atoms with Crippen molar-refractivity contribution in [2.75, 3.05) is 20.3 Å². The summed E-state index contributed by atoms with van der Waals surface area (Å²) in [6.07, 6.45) is 3.77. The third kappa shape index (κ3) is 4.18. The molecule has 1 aliphatic carbocycles. The molecule has 1 aliphatic heterocycles. The molecule has 0 spiro atoms. The summed E-state index contributed by atoms with van der Waals surface area (Å²) in [6.45, 7) is 5.45. The maximum absolute atomic E-state index is 13.8. The van der Waals surface area contributed by atoms with Crippen molar-refractivity contribution in [3.05, 3.63) is 64.7 Å². The van der Waals surface area contributed by atoms with Crippen LogP contribution in [0.1, 0.15) is 54.0 Å². The first-order chi connectivity index (χ1) is 14.0. The quantitative estimate of drug-likeness (QED) is 0.778. The van der Waals surface area contributed by atoms with Crippen LogP contribution in [0.2, 0.25) is 0 Å². The zero-order valence-corrected chi connectivity index (χ0v) is 17.7. The molecule has 154 valence electrons. The van der Waals surface area contributed by atoms with E-state index in [1.165, 1.54) is 11.1 Å². The lowest BCUT2D eigenvalue weighted by Gasteiger charge is -2.38. The van der Waals surface area contributed by atoms with Crippen LogP contribution in [0.4, 0.5) is 0 Å². The zero-order chi connectivity index (χ0) is 20.4. The molecule has 4 heteroatoms. The van der Waals surface area contributed by atoms with Gasteiger partial charge in [0.25, 0.3) is 0 Å². The van der Waals surface area contributed by atoms with Crippen molar-refractivity contribution in [2.24, 2.45) is 5.92 Å².